The maximum atomic E-state index is 13.1. The van der Waals surface area contributed by atoms with Gasteiger partial charge < -0.3 is 15.4 Å². The zero-order valence-corrected chi connectivity index (χ0v) is 13.0. The van der Waals surface area contributed by atoms with Crippen LogP contribution < -0.4 is 10.5 Å². The van der Waals surface area contributed by atoms with Gasteiger partial charge in [-0.2, -0.15) is 13.2 Å². The smallest absolute Gasteiger partial charge is 0.408 e. The van der Waals surface area contributed by atoms with E-state index in [1.165, 1.54) is 0 Å². The normalized spacial score (nSPS) is 22.0. The number of nitrogens with two attached hydrogens (primary N) is 1. The summed E-state index contributed by atoms with van der Waals surface area (Å²) in [6.45, 7) is 2.32. The van der Waals surface area contributed by atoms with Crippen LogP contribution in [0.4, 0.5) is 13.2 Å². The average Bonchev–Trinajstić information content (AvgIpc) is 2.48. The Hall–Kier alpha value is -1.76. The van der Waals surface area contributed by atoms with E-state index in [2.05, 4.69) is 0 Å². The van der Waals surface area contributed by atoms with Gasteiger partial charge in [0.25, 0.3) is 0 Å². The molecule has 2 rings (SSSR count). The number of rotatable bonds is 4. The van der Waals surface area contributed by atoms with Crippen LogP contribution in [-0.2, 0) is 11.2 Å². The fraction of sp³-hybridized carbons (Fsp3) is 0.562. The standard InChI is InChI=1S/C16H21F3N2O2/c1-2-23-13-6-3-11(4-7-13)9-15(22)21-10-12(20)5-8-14(21)16(17,18)19/h3-4,6-7,12,14H,2,5,8-10,20H2,1H3. The molecule has 1 aromatic rings. The molecular weight excluding hydrogens is 309 g/mol. The molecule has 1 saturated heterocycles. The van der Waals surface area contributed by atoms with Crippen molar-refractivity contribution in [2.24, 2.45) is 5.73 Å². The maximum Gasteiger partial charge on any atom is 0.408 e. The Kier molecular flexibility index (Phi) is 5.51. The summed E-state index contributed by atoms with van der Waals surface area (Å²) < 4.78 is 44.6. The van der Waals surface area contributed by atoms with E-state index in [0.29, 0.717) is 17.9 Å². The van der Waals surface area contributed by atoms with Gasteiger partial charge in [-0.3, -0.25) is 4.79 Å². The lowest BCUT2D eigenvalue weighted by molar-refractivity contribution is -0.196. The molecule has 1 amide bonds. The number of amides is 1. The van der Waals surface area contributed by atoms with E-state index in [-0.39, 0.29) is 25.8 Å². The Morgan fingerprint density at radius 3 is 2.52 bits per heavy atom. The number of hydrogen-bond acceptors (Lipinski definition) is 3. The van der Waals surface area contributed by atoms with Crippen molar-refractivity contribution in [3.8, 4) is 5.75 Å². The van der Waals surface area contributed by atoms with Crippen LogP contribution in [0.2, 0.25) is 0 Å². The topological polar surface area (TPSA) is 55.6 Å². The third-order valence-electron chi connectivity index (χ3n) is 3.91. The largest absolute Gasteiger partial charge is 0.494 e. The zero-order chi connectivity index (χ0) is 17.0. The van der Waals surface area contributed by atoms with Crippen LogP contribution in [0.5, 0.6) is 5.75 Å². The van der Waals surface area contributed by atoms with Gasteiger partial charge in [0.05, 0.1) is 13.0 Å². The Balaban J connectivity index is 2.07. The molecule has 2 atom stereocenters. The van der Waals surface area contributed by atoms with E-state index >= 15 is 0 Å². The summed E-state index contributed by atoms with van der Waals surface area (Å²) in [5.41, 5.74) is 6.39. The second-order valence-corrected chi connectivity index (χ2v) is 5.69. The highest BCUT2D eigenvalue weighted by Crippen LogP contribution is 2.32. The summed E-state index contributed by atoms with van der Waals surface area (Å²) in [7, 11) is 0. The molecule has 0 spiro atoms. The van der Waals surface area contributed by atoms with Crippen LogP contribution in [0.3, 0.4) is 0 Å². The van der Waals surface area contributed by atoms with Crippen LogP contribution in [0, 0.1) is 0 Å². The molecule has 0 bridgehead atoms. The highest BCUT2D eigenvalue weighted by molar-refractivity contribution is 5.79. The van der Waals surface area contributed by atoms with E-state index in [9.17, 15) is 18.0 Å². The molecular formula is C16H21F3N2O2. The fourth-order valence-corrected chi connectivity index (χ4v) is 2.76. The highest BCUT2D eigenvalue weighted by atomic mass is 19.4. The number of likely N-dealkylation sites (tertiary alicyclic amines) is 1. The predicted octanol–water partition coefficient (Wildman–Crippen LogP) is 2.51. The molecule has 2 N–H and O–H groups in total. The number of carbonyl (C=O) groups excluding carboxylic acids is 1. The van der Waals surface area contributed by atoms with Crippen molar-refractivity contribution in [2.45, 2.75) is 44.4 Å². The van der Waals surface area contributed by atoms with Crippen molar-refractivity contribution in [1.29, 1.82) is 0 Å². The summed E-state index contributed by atoms with van der Waals surface area (Å²) in [4.78, 5) is 13.2. The Labute approximate surface area is 133 Å². The Morgan fingerprint density at radius 1 is 1.30 bits per heavy atom. The molecule has 7 heteroatoms. The first-order chi connectivity index (χ1) is 10.8. The second-order valence-electron chi connectivity index (χ2n) is 5.69. The Morgan fingerprint density at radius 2 is 1.96 bits per heavy atom. The fourth-order valence-electron chi connectivity index (χ4n) is 2.76. The van der Waals surface area contributed by atoms with E-state index < -0.39 is 24.2 Å². The number of piperidine rings is 1. The number of carbonyl (C=O) groups is 1. The Bertz CT molecular complexity index is 531. The molecule has 1 aliphatic rings. The summed E-state index contributed by atoms with van der Waals surface area (Å²) in [6, 6.07) is 4.64. The van der Waals surface area contributed by atoms with Crippen LogP contribution in [0.15, 0.2) is 24.3 Å². The molecule has 2 unspecified atom stereocenters. The summed E-state index contributed by atoms with van der Waals surface area (Å²) in [6.07, 6.45) is -4.36. The number of halogens is 3. The first-order valence-electron chi connectivity index (χ1n) is 7.64. The number of nitrogens with zero attached hydrogens (tertiary/aromatic N) is 1. The van der Waals surface area contributed by atoms with E-state index in [1.54, 1.807) is 24.3 Å². The van der Waals surface area contributed by atoms with Gasteiger partial charge in [-0.15, -0.1) is 0 Å². The third-order valence-corrected chi connectivity index (χ3v) is 3.91. The van der Waals surface area contributed by atoms with Gasteiger partial charge in [-0.25, -0.2) is 0 Å². The van der Waals surface area contributed by atoms with Crippen LogP contribution in [0.25, 0.3) is 0 Å². The first kappa shape index (κ1) is 17.6. The lowest BCUT2D eigenvalue weighted by Gasteiger charge is -2.39. The highest BCUT2D eigenvalue weighted by Gasteiger charge is 2.47. The van der Waals surface area contributed by atoms with Crippen molar-refractivity contribution in [1.82, 2.24) is 4.90 Å². The minimum atomic E-state index is -4.42. The maximum absolute atomic E-state index is 13.1. The van der Waals surface area contributed by atoms with E-state index in [0.717, 1.165) is 4.90 Å². The number of ether oxygens (including phenoxy) is 1. The molecule has 0 saturated carbocycles. The molecule has 0 aliphatic carbocycles. The predicted molar refractivity (Wildman–Crippen MR) is 80.1 cm³/mol. The van der Waals surface area contributed by atoms with Gasteiger partial charge in [-0.05, 0) is 37.5 Å². The average molecular weight is 330 g/mol. The monoisotopic (exact) mass is 330 g/mol. The molecule has 0 radical (unpaired) electrons. The summed E-state index contributed by atoms with van der Waals surface area (Å²) >= 11 is 0. The van der Waals surface area contributed by atoms with Crippen molar-refractivity contribution in [3.05, 3.63) is 29.8 Å². The van der Waals surface area contributed by atoms with Gasteiger partial charge in [0, 0.05) is 12.6 Å². The van der Waals surface area contributed by atoms with E-state index in [1.807, 2.05) is 6.92 Å². The molecule has 128 valence electrons. The minimum Gasteiger partial charge on any atom is -0.494 e. The van der Waals surface area contributed by atoms with Crippen molar-refractivity contribution in [3.63, 3.8) is 0 Å². The van der Waals surface area contributed by atoms with Crippen molar-refractivity contribution in [2.75, 3.05) is 13.2 Å². The summed E-state index contributed by atoms with van der Waals surface area (Å²) in [5, 5.41) is 0. The quantitative estimate of drug-likeness (QED) is 0.923. The molecule has 1 heterocycles. The first-order valence-corrected chi connectivity index (χ1v) is 7.64. The van der Waals surface area contributed by atoms with Gasteiger partial charge in [0.2, 0.25) is 5.91 Å². The molecule has 0 aromatic heterocycles. The molecule has 1 aliphatic heterocycles. The third kappa shape index (κ3) is 4.60. The van der Waals surface area contributed by atoms with Crippen molar-refractivity contribution >= 4 is 5.91 Å². The van der Waals surface area contributed by atoms with Gasteiger partial charge in [-0.1, -0.05) is 12.1 Å². The number of hydrogen-bond donors (Lipinski definition) is 1. The van der Waals surface area contributed by atoms with Crippen LogP contribution in [-0.4, -0.2) is 42.2 Å². The number of alkyl halides is 3. The van der Waals surface area contributed by atoms with Crippen LogP contribution in [0.1, 0.15) is 25.3 Å². The SMILES string of the molecule is CCOc1ccc(CC(=O)N2CC(N)CCC2C(F)(F)F)cc1. The second kappa shape index (κ2) is 7.21. The zero-order valence-electron chi connectivity index (χ0n) is 13.0. The van der Waals surface area contributed by atoms with Gasteiger partial charge in [0.1, 0.15) is 11.8 Å². The molecule has 4 nitrogen and oxygen atoms in total. The van der Waals surface area contributed by atoms with E-state index in [4.69, 9.17) is 10.5 Å². The minimum absolute atomic E-state index is 0.0555. The van der Waals surface area contributed by atoms with Crippen LogP contribution >= 0.6 is 0 Å². The molecule has 1 aromatic carbocycles. The lowest BCUT2D eigenvalue weighted by Crippen LogP contribution is -2.57. The van der Waals surface area contributed by atoms with Crippen molar-refractivity contribution < 1.29 is 22.7 Å². The summed E-state index contributed by atoms with van der Waals surface area (Å²) in [5.74, 6) is 0.114. The number of benzene rings is 1. The lowest BCUT2D eigenvalue weighted by atomic mass is 9.97. The van der Waals surface area contributed by atoms with Gasteiger partial charge >= 0.3 is 6.18 Å². The van der Waals surface area contributed by atoms with Gasteiger partial charge in [0.15, 0.2) is 0 Å². The molecule has 1 fully saturated rings. The molecule has 23 heavy (non-hydrogen) atoms.